The number of likely N-dealkylation sites (N-methyl/N-ethyl adjacent to an activating group) is 1. The first kappa shape index (κ1) is 28.6. The van der Waals surface area contributed by atoms with Gasteiger partial charge in [-0.3, -0.25) is 9.59 Å². The molecule has 41 heavy (non-hydrogen) atoms. The number of carbonyl (C=O) groups is 2. The molecule has 2 atom stereocenters. The van der Waals surface area contributed by atoms with Crippen LogP contribution in [0.2, 0.25) is 0 Å². The summed E-state index contributed by atoms with van der Waals surface area (Å²) in [5.74, 6) is -4.13. The third kappa shape index (κ3) is 6.22. The Balaban J connectivity index is 1.49. The number of hydrogen-bond donors (Lipinski definition) is 1. The van der Waals surface area contributed by atoms with E-state index in [9.17, 15) is 22.8 Å². The summed E-state index contributed by atoms with van der Waals surface area (Å²) < 4.78 is 61.9. The van der Waals surface area contributed by atoms with Crippen LogP contribution in [0.1, 0.15) is 6.42 Å². The summed E-state index contributed by atoms with van der Waals surface area (Å²) in [6, 6.07) is 2.80. The standard InChI is InChI=1S/C27H29F4N7O3/c1-36(2)17-3-4-38(15-17)23-11-21(28)18(16-12-33-26(34-13-16)37-5-7-41-8-6-37)9-22(23)35-25(40)19-14-32-24(39)10-20(19)27(29,30)31/h9-14,17,19H,3-8,15H2,1-2H3,(H,35,40). The molecule has 1 aromatic carbocycles. The van der Waals surface area contributed by atoms with Gasteiger partial charge in [-0.2, -0.15) is 13.2 Å². The Hall–Kier alpha value is -3.91. The minimum Gasteiger partial charge on any atom is -0.378 e. The van der Waals surface area contributed by atoms with Crippen molar-refractivity contribution in [2.24, 2.45) is 10.9 Å². The van der Waals surface area contributed by atoms with Gasteiger partial charge in [0.15, 0.2) is 0 Å². The third-order valence-corrected chi connectivity index (χ3v) is 7.40. The van der Waals surface area contributed by atoms with Gasteiger partial charge >= 0.3 is 6.18 Å². The van der Waals surface area contributed by atoms with E-state index in [1.54, 1.807) is 0 Å². The lowest BCUT2D eigenvalue weighted by molar-refractivity contribution is -0.124. The molecule has 0 saturated carbocycles. The Morgan fingerprint density at radius 1 is 1.10 bits per heavy atom. The van der Waals surface area contributed by atoms with Crippen molar-refractivity contribution in [2.45, 2.75) is 18.6 Å². The van der Waals surface area contributed by atoms with Crippen LogP contribution in [0.4, 0.5) is 34.9 Å². The maximum Gasteiger partial charge on any atom is 0.414 e. The molecule has 10 nitrogen and oxygen atoms in total. The second kappa shape index (κ2) is 11.5. The van der Waals surface area contributed by atoms with Gasteiger partial charge in [-0.15, -0.1) is 0 Å². The molecular weight excluding hydrogens is 546 g/mol. The molecule has 0 spiro atoms. The average Bonchev–Trinajstić information content (AvgIpc) is 3.44. The van der Waals surface area contributed by atoms with Crippen molar-refractivity contribution in [1.82, 2.24) is 14.9 Å². The number of aliphatic imine (C=N–C) groups is 1. The number of ether oxygens (including phenoxy) is 1. The normalized spacial score (nSPS) is 21.4. The molecule has 14 heteroatoms. The minimum absolute atomic E-state index is 0.0695. The van der Waals surface area contributed by atoms with Gasteiger partial charge in [0.05, 0.1) is 30.2 Å². The lowest BCUT2D eigenvalue weighted by Crippen LogP contribution is -2.37. The summed E-state index contributed by atoms with van der Waals surface area (Å²) in [5.41, 5.74) is -0.472. The molecule has 0 bridgehead atoms. The Bertz CT molecular complexity index is 1370. The van der Waals surface area contributed by atoms with E-state index in [1.807, 2.05) is 28.8 Å². The van der Waals surface area contributed by atoms with Gasteiger partial charge in [0.2, 0.25) is 11.9 Å². The summed E-state index contributed by atoms with van der Waals surface area (Å²) in [6.07, 6.45) is -0.225. The summed E-state index contributed by atoms with van der Waals surface area (Å²) >= 11 is 0. The number of aromatic nitrogens is 2. The van der Waals surface area contributed by atoms with E-state index in [2.05, 4.69) is 20.3 Å². The molecule has 3 aliphatic rings. The predicted molar refractivity (Wildman–Crippen MR) is 145 cm³/mol. The Kier molecular flexibility index (Phi) is 8.04. The number of rotatable bonds is 6. The molecule has 2 amide bonds. The first-order valence-electron chi connectivity index (χ1n) is 13.1. The van der Waals surface area contributed by atoms with Gasteiger partial charge in [0, 0.05) is 68.0 Å². The summed E-state index contributed by atoms with van der Waals surface area (Å²) in [6.45, 7) is 3.40. The van der Waals surface area contributed by atoms with Gasteiger partial charge in [-0.1, -0.05) is 0 Å². The zero-order chi connectivity index (χ0) is 29.3. The number of nitrogens with zero attached hydrogens (tertiary/aromatic N) is 6. The number of amides is 2. The Morgan fingerprint density at radius 3 is 2.44 bits per heavy atom. The summed E-state index contributed by atoms with van der Waals surface area (Å²) in [4.78, 5) is 42.7. The van der Waals surface area contributed by atoms with Crippen molar-refractivity contribution in [2.75, 3.05) is 68.6 Å². The lowest BCUT2D eigenvalue weighted by atomic mass is 9.95. The fourth-order valence-electron chi connectivity index (χ4n) is 5.08. The topological polar surface area (TPSA) is 103 Å². The number of benzene rings is 1. The van der Waals surface area contributed by atoms with Crippen LogP contribution in [0.25, 0.3) is 11.1 Å². The molecule has 3 aliphatic heterocycles. The highest BCUT2D eigenvalue weighted by Gasteiger charge is 2.43. The second-order valence-corrected chi connectivity index (χ2v) is 10.3. The number of nitrogens with one attached hydrogen (secondary N) is 1. The third-order valence-electron chi connectivity index (χ3n) is 7.40. The van der Waals surface area contributed by atoms with Crippen LogP contribution < -0.4 is 15.1 Å². The second-order valence-electron chi connectivity index (χ2n) is 10.3. The van der Waals surface area contributed by atoms with Crippen molar-refractivity contribution in [3.05, 3.63) is 42.0 Å². The minimum atomic E-state index is -4.92. The molecule has 1 aromatic heterocycles. The van der Waals surface area contributed by atoms with E-state index >= 15 is 4.39 Å². The molecule has 2 unspecified atom stereocenters. The number of anilines is 3. The number of hydrogen-bond acceptors (Lipinski definition) is 8. The zero-order valence-electron chi connectivity index (χ0n) is 22.5. The Morgan fingerprint density at radius 2 is 1.80 bits per heavy atom. The van der Waals surface area contributed by atoms with Crippen molar-refractivity contribution in [3.8, 4) is 11.1 Å². The highest BCUT2D eigenvalue weighted by Crippen LogP contribution is 2.38. The molecule has 1 N–H and O–H groups in total. The lowest BCUT2D eigenvalue weighted by Gasteiger charge is -2.27. The summed E-state index contributed by atoms with van der Waals surface area (Å²) in [7, 11) is 3.85. The van der Waals surface area contributed by atoms with Gasteiger partial charge in [-0.05, 0) is 32.6 Å². The smallest absolute Gasteiger partial charge is 0.378 e. The number of morpholine rings is 1. The predicted octanol–water partition coefficient (Wildman–Crippen LogP) is 2.91. The maximum absolute atomic E-state index is 15.6. The van der Waals surface area contributed by atoms with Gasteiger partial charge < -0.3 is 24.8 Å². The van der Waals surface area contributed by atoms with Gasteiger partial charge in [0.1, 0.15) is 11.7 Å². The largest absolute Gasteiger partial charge is 0.414 e. The number of carbonyl (C=O) groups excluding carboxylic acids is 2. The molecule has 2 saturated heterocycles. The van der Waals surface area contributed by atoms with Crippen LogP contribution in [-0.4, -0.2) is 98.6 Å². The molecule has 2 fully saturated rings. The molecule has 4 heterocycles. The molecule has 218 valence electrons. The van der Waals surface area contributed by atoms with Crippen molar-refractivity contribution in [3.63, 3.8) is 0 Å². The van der Waals surface area contributed by atoms with Crippen LogP contribution in [0, 0.1) is 11.7 Å². The molecular formula is C27H29F4N7O3. The first-order valence-corrected chi connectivity index (χ1v) is 13.1. The average molecular weight is 576 g/mol. The van der Waals surface area contributed by atoms with Crippen LogP contribution in [-0.2, 0) is 14.3 Å². The monoisotopic (exact) mass is 575 g/mol. The molecule has 0 radical (unpaired) electrons. The van der Waals surface area contributed by atoms with E-state index in [0.29, 0.717) is 68.9 Å². The van der Waals surface area contributed by atoms with E-state index < -0.39 is 35.3 Å². The number of dihydropyridines is 1. The molecule has 5 rings (SSSR count). The van der Waals surface area contributed by atoms with E-state index in [-0.39, 0.29) is 17.3 Å². The molecule has 2 aromatic rings. The molecule has 0 aliphatic carbocycles. The summed E-state index contributed by atoms with van der Waals surface area (Å²) in [5, 5.41) is 2.55. The van der Waals surface area contributed by atoms with Gasteiger partial charge in [-0.25, -0.2) is 19.4 Å². The fourth-order valence-corrected chi connectivity index (χ4v) is 5.08. The van der Waals surface area contributed by atoms with Crippen molar-refractivity contribution >= 4 is 35.4 Å². The van der Waals surface area contributed by atoms with E-state index in [0.717, 1.165) is 6.42 Å². The van der Waals surface area contributed by atoms with Gasteiger partial charge in [0.25, 0.3) is 5.91 Å². The van der Waals surface area contributed by atoms with E-state index in [4.69, 9.17) is 4.74 Å². The van der Waals surface area contributed by atoms with Crippen LogP contribution in [0.5, 0.6) is 0 Å². The van der Waals surface area contributed by atoms with Crippen LogP contribution >= 0.6 is 0 Å². The first-order chi connectivity index (χ1) is 19.5. The SMILES string of the molecule is CN(C)C1CCN(c2cc(F)c(-c3cnc(N4CCOCC4)nc3)cc2NC(=O)C2C=NC(=O)C=C2C(F)(F)F)C1. The van der Waals surface area contributed by atoms with Crippen molar-refractivity contribution < 1.29 is 31.9 Å². The van der Waals surface area contributed by atoms with Crippen LogP contribution in [0.15, 0.2) is 41.2 Å². The Labute approximate surface area is 233 Å². The van der Waals surface area contributed by atoms with E-state index in [1.165, 1.54) is 24.5 Å². The van der Waals surface area contributed by atoms with Crippen molar-refractivity contribution in [1.29, 1.82) is 0 Å². The number of alkyl halides is 3. The number of halogens is 4. The maximum atomic E-state index is 15.6. The van der Waals surface area contributed by atoms with Crippen LogP contribution in [0.3, 0.4) is 0 Å². The highest BCUT2D eigenvalue weighted by atomic mass is 19.4. The zero-order valence-corrected chi connectivity index (χ0v) is 22.5. The highest BCUT2D eigenvalue weighted by molar-refractivity contribution is 6.11. The quantitative estimate of drug-likeness (QED) is 0.525. The fraction of sp³-hybridized carbons (Fsp3) is 0.444.